The number of likely N-dealkylation sites (tertiary alicyclic amines) is 1. The summed E-state index contributed by atoms with van der Waals surface area (Å²) in [4.78, 5) is 2.52. The summed E-state index contributed by atoms with van der Waals surface area (Å²) in [6.45, 7) is 5.44. The fourth-order valence-electron chi connectivity index (χ4n) is 2.95. The summed E-state index contributed by atoms with van der Waals surface area (Å²) in [6.07, 6.45) is 3.82. The van der Waals surface area contributed by atoms with Gasteiger partial charge >= 0.3 is 0 Å². The zero-order valence-electron chi connectivity index (χ0n) is 12.0. The minimum atomic E-state index is 0.596. The molecule has 102 valence electrons. The number of hydrogen-bond acceptors (Lipinski definition) is 3. The van der Waals surface area contributed by atoms with E-state index in [1.54, 1.807) is 7.11 Å². The molecule has 0 aliphatic carbocycles. The maximum atomic E-state index is 9.03. The van der Waals surface area contributed by atoms with Crippen LogP contribution in [0, 0.1) is 11.3 Å². The van der Waals surface area contributed by atoms with E-state index < -0.39 is 0 Å². The standard InChI is InChI=1S/C16H22N2O/c1-12-5-4-6-13(2)18(12)11-15-9-14(10-17)7-8-16(15)19-3/h7-9,12-13H,4-6,11H2,1-3H3. The van der Waals surface area contributed by atoms with Crippen molar-refractivity contribution in [3.8, 4) is 11.8 Å². The first-order valence-electron chi connectivity index (χ1n) is 6.98. The van der Waals surface area contributed by atoms with Crippen molar-refractivity contribution in [2.45, 2.75) is 51.7 Å². The lowest BCUT2D eigenvalue weighted by Gasteiger charge is -2.39. The van der Waals surface area contributed by atoms with Gasteiger partial charge in [0.25, 0.3) is 0 Å². The summed E-state index contributed by atoms with van der Waals surface area (Å²) in [5, 5.41) is 9.03. The molecule has 0 bridgehead atoms. The van der Waals surface area contributed by atoms with Gasteiger partial charge in [-0.25, -0.2) is 0 Å². The van der Waals surface area contributed by atoms with E-state index in [0.717, 1.165) is 17.9 Å². The third-order valence-corrected chi connectivity index (χ3v) is 4.14. The van der Waals surface area contributed by atoms with Crippen molar-refractivity contribution in [3.63, 3.8) is 0 Å². The summed E-state index contributed by atoms with van der Waals surface area (Å²) in [5.41, 5.74) is 1.82. The van der Waals surface area contributed by atoms with Gasteiger partial charge in [-0.15, -0.1) is 0 Å². The lowest BCUT2D eigenvalue weighted by Crippen LogP contribution is -2.43. The predicted molar refractivity (Wildman–Crippen MR) is 76.0 cm³/mol. The van der Waals surface area contributed by atoms with Crippen LogP contribution in [0.15, 0.2) is 18.2 Å². The average molecular weight is 258 g/mol. The van der Waals surface area contributed by atoms with Crippen LogP contribution in [0.1, 0.15) is 44.2 Å². The van der Waals surface area contributed by atoms with Crippen molar-refractivity contribution in [3.05, 3.63) is 29.3 Å². The Bertz CT molecular complexity index is 468. The van der Waals surface area contributed by atoms with Crippen LogP contribution >= 0.6 is 0 Å². The van der Waals surface area contributed by atoms with Crippen molar-refractivity contribution < 1.29 is 4.74 Å². The third-order valence-electron chi connectivity index (χ3n) is 4.14. The van der Waals surface area contributed by atoms with E-state index in [2.05, 4.69) is 24.8 Å². The number of ether oxygens (including phenoxy) is 1. The van der Waals surface area contributed by atoms with Gasteiger partial charge in [0, 0.05) is 24.2 Å². The molecule has 1 aliphatic heterocycles. The van der Waals surface area contributed by atoms with Crippen LogP contribution in [-0.2, 0) is 6.54 Å². The fraction of sp³-hybridized carbons (Fsp3) is 0.562. The van der Waals surface area contributed by atoms with Gasteiger partial charge in [0.15, 0.2) is 0 Å². The summed E-state index contributed by atoms with van der Waals surface area (Å²) in [6, 6.07) is 9.06. The topological polar surface area (TPSA) is 36.3 Å². The Balaban J connectivity index is 2.23. The van der Waals surface area contributed by atoms with E-state index >= 15 is 0 Å². The largest absolute Gasteiger partial charge is 0.496 e. The van der Waals surface area contributed by atoms with Crippen LogP contribution in [0.5, 0.6) is 5.75 Å². The zero-order chi connectivity index (χ0) is 13.8. The van der Waals surface area contributed by atoms with Crippen LogP contribution in [0.3, 0.4) is 0 Å². The van der Waals surface area contributed by atoms with Gasteiger partial charge in [-0.2, -0.15) is 5.26 Å². The van der Waals surface area contributed by atoms with Crippen LogP contribution in [-0.4, -0.2) is 24.1 Å². The first-order chi connectivity index (χ1) is 9.15. The second-order valence-corrected chi connectivity index (χ2v) is 5.44. The summed E-state index contributed by atoms with van der Waals surface area (Å²) in [5.74, 6) is 0.879. The Labute approximate surface area is 115 Å². The molecule has 2 atom stereocenters. The van der Waals surface area contributed by atoms with Gasteiger partial charge < -0.3 is 4.74 Å². The zero-order valence-corrected chi connectivity index (χ0v) is 12.0. The highest BCUT2D eigenvalue weighted by Crippen LogP contribution is 2.28. The number of piperidine rings is 1. The smallest absolute Gasteiger partial charge is 0.123 e. The van der Waals surface area contributed by atoms with Gasteiger partial charge in [-0.3, -0.25) is 4.90 Å². The quantitative estimate of drug-likeness (QED) is 0.834. The molecule has 0 spiro atoms. The van der Waals surface area contributed by atoms with Gasteiger partial charge in [0.05, 0.1) is 18.7 Å². The minimum Gasteiger partial charge on any atom is -0.496 e. The van der Waals surface area contributed by atoms with E-state index in [4.69, 9.17) is 10.00 Å². The molecule has 19 heavy (non-hydrogen) atoms. The molecule has 3 heteroatoms. The van der Waals surface area contributed by atoms with Crippen LogP contribution < -0.4 is 4.74 Å². The molecule has 1 saturated heterocycles. The van der Waals surface area contributed by atoms with Crippen LogP contribution in [0.4, 0.5) is 0 Å². The molecular formula is C16H22N2O. The molecular weight excluding hydrogens is 236 g/mol. The van der Waals surface area contributed by atoms with E-state index in [0.29, 0.717) is 17.6 Å². The molecule has 0 aromatic heterocycles. The van der Waals surface area contributed by atoms with E-state index in [1.165, 1.54) is 19.3 Å². The van der Waals surface area contributed by atoms with Crippen molar-refractivity contribution in [1.29, 1.82) is 5.26 Å². The van der Waals surface area contributed by atoms with Crippen molar-refractivity contribution in [2.75, 3.05) is 7.11 Å². The average Bonchev–Trinajstić information content (AvgIpc) is 2.42. The van der Waals surface area contributed by atoms with E-state index in [1.807, 2.05) is 18.2 Å². The molecule has 3 nitrogen and oxygen atoms in total. The Morgan fingerprint density at radius 1 is 1.32 bits per heavy atom. The molecule has 0 saturated carbocycles. The van der Waals surface area contributed by atoms with Crippen molar-refractivity contribution >= 4 is 0 Å². The summed E-state index contributed by atoms with van der Waals surface area (Å²) < 4.78 is 5.42. The minimum absolute atomic E-state index is 0.596. The summed E-state index contributed by atoms with van der Waals surface area (Å²) in [7, 11) is 1.69. The predicted octanol–water partition coefficient (Wildman–Crippen LogP) is 3.33. The number of hydrogen-bond donors (Lipinski definition) is 0. The highest BCUT2D eigenvalue weighted by atomic mass is 16.5. The molecule has 0 N–H and O–H groups in total. The Hall–Kier alpha value is -1.53. The van der Waals surface area contributed by atoms with Gasteiger partial charge in [0.1, 0.15) is 5.75 Å². The summed E-state index contributed by atoms with van der Waals surface area (Å²) >= 11 is 0. The SMILES string of the molecule is COc1ccc(C#N)cc1CN1C(C)CCCC1C. The molecule has 2 rings (SSSR count). The highest BCUT2D eigenvalue weighted by molar-refractivity contribution is 5.42. The third kappa shape index (κ3) is 3.08. The van der Waals surface area contributed by atoms with E-state index in [-0.39, 0.29) is 0 Å². The highest BCUT2D eigenvalue weighted by Gasteiger charge is 2.25. The molecule has 1 aromatic rings. The maximum Gasteiger partial charge on any atom is 0.123 e. The van der Waals surface area contributed by atoms with Crippen LogP contribution in [0.25, 0.3) is 0 Å². The number of rotatable bonds is 3. The lowest BCUT2D eigenvalue weighted by molar-refractivity contribution is 0.0943. The Morgan fingerprint density at radius 3 is 2.58 bits per heavy atom. The van der Waals surface area contributed by atoms with Gasteiger partial charge in [0.2, 0.25) is 0 Å². The van der Waals surface area contributed by atoms with Crippen LogP contribution in [0.2, 0.25) is 0 Å². The number of nitriles is 1. The van der Waals surface area contributed by atoms with Crippen molar-refractivity contribution in [2.24, 2.45) is 0 Å². The Kier molecular flexibility index (Phi) is 4.44. The molecule has 0 radical (unpaired) electrons. The monoisotopic (exact) mass is 258 g/mol. The maximum absolute atomic E-state index is 9.03. The number of benzene rings is 1. The van der Waals surface area contributed by atoms with E-state index in [9.17, 15) is 0 Å². The molecule has 1 fully saturated rings. The normalized spacial score (nSPS) is 23.9. The molecule has 2 unspecified atom stereocenters. The number of nitrogens with zero attached hydrogens (tertiary/aromatic N) is 2. The van der Waals surface area contributed by atoms with Gasteiger partial charge in [-0.05, 0) is 44.9 Å². The molecule has 1 heterocycles. The first kappa shape index (κ1) is 13.9. The fourth-order valence-corrected chi connectivity index (χ4v) is 2.95. The van der Waals surface area contributed by atoms with Gasteiger partial charge in [-0.1, -0.05) is 6.42 Å². The van der Waals surface area contributed by atoms with Crippen molar-refractivity contribution in [1.82, 2.24) is 4.90 Å². The second-order valence-electron chi connectivity index (χ2n) is 5.44. The molecule has 0 amide bonds. The number of methoxy groups -OCH3 is 1. The molecule has 1 aliphatic rings. The molecule has 1 aromatic carbocycles. The second kappa shape index (κ2) is 6.08. The Morgan fingerprint density at radius 2 is 2.00 bits per heavy atom. The first-order valence-corrected chi connectivity index (χ1v) is 6.98. The lowest BCUT2D eigenvalue weighted by atomic mass is 9.96.